The Morgan fingerprint density at radius 1 is 1.32 bits per heavy atom. The molecule has 1 fully saturated rings. The third-order valence-electron chi connectivity index (χ3n) is 2.97. The summed E-state index contributed by atoms with van der Waals surface area (Å²) in [6.45, 7) is 9.75. The van der Waals surface area contributed by atoms with Crippen molar-refractivity contribution in [3.05, 3.63) is 12.1 Å². The van der Waals surface area contributed by atoms with Crippen LogP contribution in [0.25, 0.3) is 0 Å². The standard InChI is InChI=1S/C14H23N3O2/c1-9(2)18-14-12(15)5-6-13(16-14)17-7-10(3)19-11(4)8-17/h5-6,9-11H,7-8,15H2,1-4H3/t10-,11+. The molecule has 1 aliphatic rings. The molecule has 1 saturated heterocycles. The van der Waals surface area contributed by atoms with Crippen LogP contribution >= 0.6 is 0 Å². The molecule has 0 saturated carbocycles. The van der Waals surface area contributed by atoms with Crippen LogP contribution in [0, 0.1) is 0 Å². The van der Waals surface area contributed by atoms with E-state index in [1.165, 1.54) is 0 Å². The van der Waals surface area contributed by atoms with Crippen LogP contribution in [0.2, 0.25) is 0 Å². The molecular weight excluding hydrogens is 242 g/mol. The van der Waals surface area contributed by atoms with Crippen LogP contribution in [0.5, 0.6) is 5.88 Å². The molecule has 0 aromatic carbocycles. The number of hydrogen-bond acceptors (Lipinski definition) is 5. The minimum atomic E-state index is 0.0626. The van der Waals surface area contributed by atoms with Gasteiger partial charge >= 0.3 is 0 Å². The Labute approximate surface area is 114 Å². The van der Waals surface area contributed by atoms with E-state index in [4.69, 9.17) is 15.2 Å². The molecule has 0 aliphatic carbocycles. The van der Waals surface area contributed by atoms with E-state index in [1.54, 1.807) is 0 Å². The third kappa shape index (κ3) is 3.50. The number of hydrogen-bond donors (Lipinski definition) is 1. The van der Waals surface area contributed by atoms with Crippen molar-refractivity contribution >= 4 is 11.5 Å². The van der Waals surface area contributed by atoms with Crippen LogP contribution in [0.1, 0.15) is 27.7 Å². The van der Waals surface area contributed by atoms with Crippen LogP contribution in [-0.4, -0.2) is 36.4 Å². The molecule has 2 N–H and O–H groups in total. The quantitative estimate of drug-likeness (QED) is 0.906. The highest BCUT2D eigenvalue weighted by atomic mass is 16.5. The van der Waals surface area contributed by atoms with Crippen molar-refractivity contribution in [3.63, 3.8) is 0 Å². The Morgan fingerprint density at radius 2 is 1.95 bits per heavy atom. The molecule has 0 radical (unpaired) electrons. The van der Waals surface area contributed by atoms with Crippen molar-refractivity contribution in [2.75, 3.05) is 23.7 Å². The number of ether oxygens (including phenoxy) is 2. The van der Waals surface area contributed by atoms with E-state index < -0.39 is 0 Å². The van der Waals surface area contributed by atoms with Crippen molar-refractivity contribution in [2.45, 2.75) is 46.0 Å². The molecular formula is C14H23N3O2. The average Bonchev–Trinajstić information content (AvgIpc) is 2.30. The summed E-state index contributed by atoms with van der Waals surface area (Å²) in [6.07, 6.45) is 0.475. The molecule has 0 amide bonds. The molecule has 2 heterocycles. The molecule has 1 aromatic heterocycles. The summed E-state index contributed by atoms with van der Waals surface area (Å²) in [5, 5.41) is 0. The van der Waals surface area contributed by atoms with E-state index in [0.717, 1.165) is 18.9 Å². The van der Waals surface area contributed by atoms with Crippen molar-refractivity contribution in [1.29, 1.82) is 0 Å². The number of nitrogen functional groups attached to an aromatic ring is 1. The van der Waals surface area contributed by atoms with Gasteiger partial charge in [0.2, 0.25) is 5.88 Å². The van der Waals surface area contributed by atoms with Crippen molar-refractivity contribution in [3.8, 4) is 5.88 Å². The van der Waals surface area contributed by atoms with Crippen LogP contribution < -0.4 is 15.4 Å². The maximum Gasteiger partial charge on any atom is 0.239 e. The number of nitrogens with two attached hydrogens (primary N) is 1. The van der Waals surface area contributed by atoms with Gasteiger partial charge in [0, 0.05) is 13.1 Å². The molecule has 0 bridgehead atoms. The number of rotatable bonds is 3. The fourth-order valence-corrected chi connectivity index (χ4v) is 2.30. The van der Waals surface area contributed by atoms with Gasteiger partial charge in [-0.3, -0.25) is 0 Å². The molecule has 2 rings (SSSR count). The normalized spacial score (nSPS) is 23.7. The molecule has 19 heavy (non-hydrogen) atoms. The Balaban J connectivity index is 2.20. The fourth-order valence-electron chi connectivity index (χ4n) is 2.30. The van der Waals surface area contributed by atoms with Gasteiger partial charge in [-0.2, -0.15) is 4.98 Å². The summed E-state index contributed by atoms with van der Waals surface area (Å²) in [6, 6.07) is 3.79. The Hall–Kier alpha value is -1.49. The summed E-state index contributed by atoms with van der Waals surface area (Å²) in [4.78, 5) is 6.74. The Bertz CT molecular complexity index is 427. The number of aromatic nitrogens is 1. The maximum absolute atomic E-state index is 5.89. The highest BCUT2D eigenvalue weighted by Crippen LogP contribution is 2.26. The lowest BCUT2D eigenvalue weighted by molar-refractivity contribution is -0.00550. The number of anilines is 2. The van der Waals surface area contributed by atoms with Crippen molar-refractivity contribution in [2.24, 2.45) is 0 Å². The second-order valence-corrected chi connectivity index (χ2v) is 5.39. The van der Waals surface area contributed by atoms with Gasteiger partial charge in [-0.05, 0) is 39.8 Å². The Kier molecular flexibility index (Phi) is 4.14. The third-order valence-corrected chi connectivity index (χ3v) is 2.97. The van der Waals surface area contributed by atoms with E-state index in [0.29, 0.717) is 11.6 Å². The maximum atomic E-state index is 5.89. The predicted octanol–water partition coefficient (Wildman–Crippen LogP) is 2.06. The minimum absolute atomic E-state index is 0.0626. The molecule has 1 aliphatic heterocycles. The topological polar surface area (TPSA) is 60.6 Å². The van der Waals surface area contributed by atoms with E-state index in [1.807, 2.05) is 26.0 Å². The second kappa shape index (κ2) is 5.65. The summed E-state index contributed by atoms with van der Waals surface area (Å²) < 4.78 is 11.4. The van der Waals surface area contributed by atoms with E-state index >= 15 is 0 Å². The van der Waals surface area contributed by atoms with Crippen LogP contribution in [-0.2, 0) is 4.74 Å². The van der Waals surface area contributed by atoms with Gasteiger partial charge in [-0.15, -0.1) is 0 Å². The SMILES string of the molecule is CC(C)Oc1nc(N2C[C@@H](C)O[C@@H](C)C2)ccc1N. The number of pyridine rings is 1. The van der Waals surface area contributed by atoms with Crippen molar-refractivity contribution in [1.82, 2.24) is 4.98 Å². The predicted molar refractivity (Wildman–Crippen MR) is 76.6 cm³/mol. The van der Waals surface area contributed by atoms with Crippen LogP contribution in [0.4, 0.5) is 11.5 Å². The molecule has 0 spiro atoms. The van der Waals surface area contributed by atoms with Gasteiger partial charge in [-0.25, -0.2) is 0 Å². The molecule has 5 nitrogen and oxygen atoms in total. The molecule has 5 heteroatoms. The van der Waals surface area contributed by atoms with Gasteiger partial charge in [0.15, 0.2) is 0 Å². The highest BCUT2D eigenvalue weighted by Gasteiger charge is 2.23. The first-order chi connectivity index (χ1) is 8.95. The lowest BCUT2D eigenvalue weighted by atomic mass is 10.2. The average molecular weight is 265 g/mol. The lowest BCUT2D eigenvalue weighted by Crippen LogP contribution is -2.45. The van der Waals surface area contributed by atoms with Gasteiger partial charge < -0.3 is 20.1 Å². The Morgan fingerprint density at radius 3 is 2.53 bits per heavy atom. The summed E-state index contributed by atoms with van der Waals surface area (Å²) in [5.74, 6) is 1.41. The summed E-state index contributed by atoms with van der Waals surface area (Å²) >= 11 is 0. The second-order valence-electron chi connectivity index (χ2n) is 5.39. The smallest absolute Gasteiger partial charge is 0.239 e. The van der Waals surface area contributed by atoms with Crippen LogP contribution in [0.3, 0.4) is 0 Å². The van der Waals surface area contributed by atoms with Gasteiger partial charge in [0.1, 0.15) is 5.82 Å². The monoisotopic (exact) mass is 265 g/mol. The first kappa shape index (κ1) is 13.9. The van der Waals surface area contributed by atoms with Gasteiger partial charge in [-0.1, -0.05) is 0 Å². The highest BCUT2D eigenvalue weighted by molar-refractivity contribution is 5.54. The molecule has 0 unspecified atom stereocenters. The van der Waals surface area contributed by atoms with Gasteiger partial charge in [0.05, 0.1) is 24.0 Å². The zero-order chi connectivity index (χ0) is 14.0. The lowest BCUT2D eigenvalue weighted by Gasteiger charge is -2.36. The van der Waals surface area contributed by atoms with Gasteiger partial charge in [0.25, 0.3) is 0 Å². The number of morpholine rings is 1. The largest absolute Gasteiger partial charge is 0.473 e. The zero-order valence-electron chi connectivity index (χ0n) is 12.1. The number of nitrogens with zero attached hydrogens (tertiary/aromatic N) is 2. The first-order valence-electron chi connectivity index (χ1n) is 6.79. The van der Waals surface area contributed by atoms with E-state index in [-0.39, 0.29) is 18.3 Å². The molecule has 106 valence electrons. The molecule has 2 atom stereocenters. The van der Waals surface area contributed by atoms with Crippen LogP contribution in [0.15, 0.2) is 12.1 Å². The molecule has 1 aromatic rings. The van der Waals surface area contributed by atoms with E-state index in [2.05, 4.69) is 23.7 Å². The summed E-state index contributed by atoms with van der Waals surface area (Å²) in [7, 11) is 0. The van der Waals surface area contributed by atoms with Crippen molar-refractivity contribution < 1.29 is 9.47 Å². The zero-order valence-corrected chi connectivity index (χ0v) is 12.1. The minimum Gasteiger partial charge on any atom is -0.473 e. The fraction of sp³-hybridized carbons (Fsp3) is 0.643. The van der Waals surface area contributed by atoms with E-state index in [9.17, 15) is 0 Å². The summed E-state index contributed by atoms with van der Waals surface area (Å²) in [5.41, 5.74) is 6.47. The first-order valence-corrected chi connectivity index (χ1v) is 6.79.